The molecule has 0 bridgehead atoms. The van der Waals surface area contributed by atoms with Crippen molar-refractivity contribution in [3.05, 3.63) is 93.1 Å². The summed E-state index contributed by atoms with van der Waals surface area (Å²) < 4.78 is 4.91. The second-order valence-corrected chi connectivity index (χ2v) is 6.93. The van der Waals surface area contributed by atoms with Crippen LogP contribution in [0.3, 0.4) is 0 Å². The Hall–Kier alpha value is -2.36. The first-order valence-corrected chi connectivity index (χ1v) is 9.62. The van der Waals surface area contributed by atoms with Crippen molar-refractivity contribution >= 4 is 33.9 Å². The van der Waals surface area contributed by atoms with E-state index in [1.54, 1.807) is 23.5 Å². The van der Waals surface area contributed by atoms with E-state index in [1.807, 2.05) is 56.3 Å². The summed E-state index contributed by atoms with van der Waals surface area (Å²) in [7, 11) is 0. The van der Waals surface area contributed by atoms with Gasteiger partial charge in [0, 0.05) is 26.2 Å². The lowest BCUT2D eigenvalue weighted by Crippen LogP contribution is -1.93. The minimum atomic E-state index is -0.302. The third-order valence-electron chi connectivity index (χ3n) is 3.40. The molecule has 4 aromatic rings. The second kappa shape index (κ2) is 9.95. The molecule has 4 heteroatoms. The molecule has 4 rings (SSSR count). The predicted molar refractivity (Wildman–Crippen MR) is 113 cm³/mol. The first-order valence-electron chi connectivity index (χ1n) is 8.43. The molecule has 0 spiro atoms. The fourth-order valence-corrected chi connectivity index (χ4v) is 3.21. The number of thiophene rings is 1. The smallest absolute Gasteiger partial charge is 0.336 e. The Kier molecular flexibility index (Phi) is 7.64. The monoisotopic (exact) mass is 384 g/mol. The van der Waals surface area contributed by atoms with Crippen molar-refractivity contribution in [3.8, 4) is 10.4 Å². The van der Waals surface area contributed by atoms with E-state index in [1.165, 1.54) is 21.4 Å². The van der Waals surface area contributed by atoms with Crippen molar-refractivity contribution in [2.45, 2.75) is 20.8 Å². The van der Waals surface area contributed by atoms with Gasteiger partial charge in [0.25, 0.3) is 0 Å². The molecule has 0 saturated carbocycles. The number of aryl methyl sites for hydroxylation is 1. The van der Waals surface area contributed by atoms with Gasteiger partial charge in [0.15, 0.2) is 0 Å². The maximum atomic E-state index is 10.7. The first kappa shape index (κ1) is 20.0. The van der Waals surface area contributed by atoms with Gasteiger partial charge in [-0.05, 0) is 48.9 Å². The van der Waals surface area contributed by atoms with E-state index in [0.29, 0.717) is 5.58 Å². The normalized spacial score (nSPS) is 9.69. The van der Waals surface area contributed by atoms with Crippen LogP contribution >= 0.6 is 22.9 Å². The van der Waals surface area contributed by atoms with Gasteiger partial charge in [-0.25, -0.2) is 4.79 Å². The average Bonchev–Trinajstić information content (AvgIpc) is 3.11. The second-order valence-electron chi connectivity index (χ2n) is 5.21. The molecule has 26 heavy (non-hydrogen) atoms. The van der Waals surface area contributed by atoms with Crippen LogP contribution in [0, 0.1) is 6.92 Å². The molecule has 0 saturated heterocycles. The molecule has 134 valence electrons. The molecule has 2 aromatic carbocycles. The molecule has 0 fully saturated rings. The fourth-order valence-electron chi connectivity index (χ4n) is 2.22. The van der Waals surface area contributed by atoms with Gasteiger partial charge in [0.05, 0.1) is 0 Å². The number of benzene rings is 2. The number of rotatable bonds is 1. The summed E-state index contributed by atoms with van der Waals surface area (Å²) in [5.74, 6) is 0. The Morgan fingerprint density at radius 2 is 1.54 bits per heavy atom. The molecule has 0 amide bonds. The first-order chi connectivity index (χ1) is 12.6. The van der Waals surface area contributed by atoms with Gasteiger partial charge in [-0.1, -0.05) is 55.8 Å². The average molecular weight is 385 g/mol. The van der Waals surface area contributed by atoms with Crippen molar-refractivity contribution in [2.24, 2.45) is 0 Å². The number of halogens is 1. The zero-order valence-electron chi connectivity index (χ0n) is 15.0. The lowest BCUT2D eigenvalue weighted by atomic mass is 10.2. The van der Waals surface area contributed by atoms with Crippen LogP contribution in [0.4, 0.5) is 0 Å². The van der Waals surface area contributed by atoms with Gasteiger partial charge >= 0.3 is 5.63 Å². The fraction of sp³-hybridized carbons (Fsp3) is 0.136. The van der Waals surface area contributed by atoms with Gasteiger partial charge < -0.3 is 4.42 Å². The molecule has 0 aliphatic heterocycles. The Bertz CT molecular complexity index is 1000. The highest BCUT2D eigenvalue weighted by Gasteiger charge is 1.99. The number of fused-ring (bicyclic) bond motifs is 1. The van der Waals surface area contributed by atoms with Gasteiger partial charge in [-0.3, -0.25) is 0 Å². The summed E-state index contributed by atoms with van der Waals surface area (Å²) >= 11 is 7.61. The predicted octanol–water partition coefficient (Wildman–Crippen LogP) is 7.20. The summed E-state index contributed by atoms with van der Waals surface area (Å²) in [6, 6.07) is 22.8. The highest BCUT2D eigenvalue weighted by molar-refractivity contribution is 7.15. The molecule has 0 aliphatic rings. The SMILES string of the molecule is CC.Cc1ccc(-c2ccc(Cl)cc2)s1.O=c1ccc2ccccc2o1. The molecule has 2 heterocycles. The van der Waals surface area contributed by atoms with E-state index in [-0.39, 0.29) is 5.63 Å². The Morgan fingerprint density at radius 1 is 0.846 bits per heavy atom. The minimum absolute atomic E-state index is 0.302. The number of hydrogen-bond acceptors (Lipinski definition) is 3. The van der Waals surface area contributed by atoms with Crippen LogP contribution in [-0.4, -0.2) is 0 Å². The molecular weight excluding hydrogens is 364 g/mol. The summed E-state index contributed by atoms with van der Waals surface area (Å²) in [6.45, 7) is 6.12. The van der Waals surface area contributed by atoms with Gasteiger partial charge in [0.1, 0.15) is 5.58 Å². The largest absolute Gasteiger partial charge is 0.423 e. The Morgan fingerprint density at radius 3 is 2.19 bits per heavy atom. The number of hydrogen-bond donors (Lipinski definition) is 0. The summed E-state index contributed by atoms with van der Waals surface area (Å²) in [5.41, 5.74) is 1.58. The Balaban J connectivity index is 0.000000173. The van der Waals surface area contributed by atoms with Crippen LogP contribution in [0.5, 0.6) is 0 Å². The lowest BCUT2D eigenvalue weighted by Gasteiger charge is -1.96. The van der Waals surface area contributed by atoms with E-state index < -0.39 is 0 Å². The van der Waals surface area contributed by atoms with Crippen LogP contribution in [0.1, 0.15) is 18.7 Å². The topological polar surface area (TPSA) is 30.2 Å². The zero-order valence-corrected chi connectivity index (χ0v) is 16.6. The van der Waals surface area contributed by atoms with E-state index in [2.05, 4.69) is 19.1 Å². The van der Waals surface area contributed by atoms with Crippen LogP contribution in [0.25, 0.3) is 21.4 Å². The Labute approximate surface area is 162 Å². The molecule has 2 aromatic heterocycles. The van der Waals surface area contributed by atoms with Crippen molar-refractivity contribution in [2.75, 3.05) is 0 Å². The molecule has 0 unspecified atom stereocenters. The maximum absolute atomic E-state index is 10.7. The van der Waals surface area contributed by atoms with E-state index in [9.17, 15) is 4.79 Å². The van der Waals surface area contributed by atoms with Crippen molar-refractivity contribution in [3.63, 3.8) is 0 Å². The minimum Gasteiger partial charge on any atom is -0.423 e. The zero-order chi connectivity index (χ0) is 18.9. The molecule has 0 aliphatic carbocycles. The molecule has 0 radical (unpaired) electrons. The standard InChI is InChI=1S/C11H9ClS.C9H6O2.C2H6/c1-8-2-7-11(13-8)9-3-5-10(12)6-4-9;10-9-6-5-7-3-1-2-4-8(7)11-9;1-2/h2-7H,1H3;1-6H;1-2H3. The van der Waals surface area contributed by atoms with Crippen LogP contribution in [0.2, 0.25) is 5.02 Å². The summed E-state index contributed by atoms with van der Waals surface area (Å²) in [6.07, 6.45) is 0. The third-order valence-corrected chi connectivity index (χ3v) is 4.70. The van der Waals surface area contributed by atoms with Crippen molar-refractivity contribution in [1.29, 1.82) is 0 Å². The molecular formula is C22H21ClO2S. The van der Waals surface area contributed by atoms with E-state index >= 15 is 0 Å². The molecule has 2 nitrogen and oxygen atoms in total. The maximum Gasteiger partial charge on any atom is 0.336 e. The van der Waals surface area contributed by atoms with Crippen molar-refractivity contribution in [1.82, 2.24) is 0 Å². The quantitative estimate of drug-likeness (QED) is 0.325. The van der Waals surface area contributed by atoms with Crippen molar-refractivity contribution < 1.29 is 4.42 Å². The van der Waals surface area contributed by atoms with E-state index in [0.717, 1.165) is 10.4 Å². The van der Waals surface area contributed by atoms with Gasteiger partial charge in [0.2, 0.25) is 0 Å². The summed E-state index contributed by atoms with van der Waals surface area (Å²) in [5, 5.41) is 1.74. The molecule has 0 N–H and O–H groups in total. The van der Waals surface area contributed by atoms with Gasteiger partial charge in [-0.15, -0.1) is 11.3 Å². The van der Waals surface area contributed by atoms with Crippen LogP contribution in [0.15, 0.2) is 82.0 Å². The van der Waals surface area contributed by atoms with Gasteiger partial charge in [-0.2, -0.15) is 0 Å². The molecule has 0 atom stereocenters. The van der Waals surface area contributed by atoms with Crippen LogP contribution < -0.4 is 5.63 Å². The highest BCUT2D eigenvalue weighted by Crippen LogP contribution is 2.28. The third kappa shape index (κ3) is 5.58. The number of para-hydroxylation sites is 1. The lowest BCUT2D eigenvalue weighted by molar-refractivity contribution is 0.561. The van der Waals surface area contributed by atoms with Crippen LogP contribution in [-0.2, 0) is 0 Å². The van der Waals surface area contributed by atoms with E-state index in [4.69, 9.17) is 16.0 Å². The summed E-state index contributed by atoms with van der Waals surface area (Å²) in [4.78, 5) is 13.4. The highest BCUT2D eigenvalue weighted by atomic mass is 35.5.